The van der Waals surface area contributed by atoms with Gasteiger partial charge in [-0.1, -0.05) is 18.2 Å². The number of hydrogen-bond donors (Lipinski definition) is 1. The van der Waals surface area contributed by atoms with E-state index in [4.69, 9.17) is 4.74 Å². The Morgan fingerprint density at radius 2 is 1.92 bits per heavy atom. The summed E-state index contributed by atoms with van der Waals surface area (Å²) in [5, 5.41) is 0. The number of nitrogens with zero attached hydrogens (tertiary/aromatic N) is 1. The normalized spacial score (nSPS) is 12.3. The second-order valence-corrected chi connectivity index (χ2v) is 7.00. The van der Waals surface area contributed by atoms with E-state index in [2.05, 4.69) is 17.9 Å². The molecule has 1 aromatic rings. The van der Waals surface area contributed by atoms with Crippen LogP contribution in [0.4, 0.5) is 0 Å². The smallest absolute Gasteiger partial charge is 0.244 e. The van der Waals surface area contributed by atoms with Crippen LogP contribution in [-0.4, -0.2) is 45.5 Å². The van der Waals surface area contributed by atoms with Crippen molar-refractivity contribution >= 4 is 15.9 Å². The number of rotatable bonds is 9. The van der Waals surface area contributed by atoms with Gasteiger partial charge in [0.2, 0.25) is 15.9 Å². The van der Waals surface area contributed by atoms with Gasteiger partial charge in [-0.2, -0.15) is 4.72 Å². The minimum absolute atomic E-state index is 0.00337. The fourth-order valence-corrected chi connectivity index (χ4v) is 3.63. The fraction of sp³-hybridized carbons (Fsp3) is 0.353. The van der Waals surface area contributed by atoms with E-state index >= 15 is 0 Å². The van der Waals surface area contributed by atoms with Crippen LogP contribution < -0.4 is 9.46 Å². The average molecular weight is 352 g/mol. The van der Waals surface area contributed by atoms with Crippen molar-refractivity contribution in [3.63, 3.8) is 0 Å². The van der Waals surface area contributed by atoms with E-state index in [0.717, 1.165) is 5.56 Å². The maximum Gasteiger partial charge on any atom is 0.244 e. The van der Waals surface area contributed by atoms with E-state index in [1.165, 1.54) is 25.0 Å². The molecule has 24 heavy (non-hydrogen) atoms. The molecule has 0 fully saturated rings. The number of ether oxygens (including phenoxy) is 1. The molecule has 6 nitrogen and oxygen atoms in total. The SMILES string of the molecule is C=CCN(CC=C)C(=O)C(C)NS(=O)(=O)c1cc(C)ccc1OC. The maximum atomic E-state index is 12.6. The topological polar surface area (TPSA) is 75.7 Å². The lowest BCUT2D eigenvalue weighted by Gasteiger charge is -2.24. The van der Waals surface area contributed by atoms with Crippen LogP contribution >= 0.6 is 0 Å². The van der Waals surface area contributed by atoms with Crippen molar-refractivity contribution in [3.8, 4) is 5.75 Å². The van der Waals surface area contributed by atoms with Gasteiger partial charge in [0, 0.05) is 13.1 Å². The summed E-state index contributed by atoms with van der Waals surface area (Å²) in [4.78, 5) is 13.9. The highest BCUT2D eigenvalue weighted by Gasteiger charge is 2.27. The monoisotopic (exact) mass is 352 g/mol. The highest BCUT2D eigenvalue weighted by Crippen LogP contribution is 2.24. The molecule has 0 bridgehead atoms. The standard InChI is InChI=1S/C17H24N2O4S/c1-6-10-19(11-7-2)17(20)14(4)18-24(21,22)16-12-13(3)8-9-15(16)23-5/h6-9,12,14,18H,1-2,10-11H2,3-5H3. The summed E-state index contributed by atoms with van der Waals surface area (Å²) in [6.45, 7) is 11.1. The molecule has 1 N–H and O–H groups in total. The Labute approximate surface area is 143 Å². The summed E-state index contributed by atoms with van der Waals surface area (Å²) >= 11 is 0. The van der Waals surface area contributed by atoms with Crippen molar-refractivity contribution < 1.29 is 17.9 Å². The number of aryl methyl sites for hydroxylation is 1. The number of carbonyl (C=O) groups excluding carboxylic acids is 1. The molecule has 7 heteroatoms. The van der Waals surface area contributed by atoms with Crippen LogP contribution in [0.25, 0.3) is 0 Å². The molecule has 0 aliphatic rings. The van der Waals surface area contributed by atoms with Gasteiger partial charge < -0.3 is 9.64 Å². The third-order valence-electron chi connectivity index (χ3n) is 3.32. The fourth-order valence-electron chi connectivity index (χ4n) is 2.18. The molecule has 0 heterocycles. The van der Waals surface area contributed by atoms with E-state index in [1.54, 1.807) is 31.2 Å². The molecule has 132 valence electrons. The number of sulfonamides is 1. The number of amides is 1. The van der Waals surface area contributed by atoms with E-state index in [-0.39, 0.29) is 16.6 Å². The van der Waals surface area contributed by atoms with Crippen LogP contribution in [0.5, 0.6) is 5.75 Å². The molecule has 0 aliphatic carbocycles. The number of carbonyl (C=O) groups is 1. The molecule has 1 atom stereocenters. The lowest BCUT2D eigenvalue weighted by Crippen LogP contribution is -2.47. The lowest BCUT2D eigenvalue weighted by atomic mass is 10.2. The van der Waals surface area contributed by atoms with Gasteiger partial charge in [-0.15, -0.1) is 13.2 Å². The zero-order valence-corrected chi connectivity index (χ0v) is 15.1. The number of methoxy groups -OCH3 is 1. The van der Waals surface area contributed by atoms with E-state index in [9.17, 15) is 13.2 Å². The van der Waals surface area contributed by atoms with Crippen molar-refractivity contribution in [2.24, 2.45) is 0 Å². The average Bonchev–Trinajstić information content (AvgIpc) is 2.53. The van der Waals surface area contributed by atoms with Crippen molar-refractivity contribution in [2.75, 3.05) is 20.2 Å². The van der Waals surface area contributed by atoms with E-state index in [1.807, 2.05) is 0 Å². The van der Waals surface area contributed by atoms with Crippen LogP contribution in [0.1, 0.15) is 12.5 Å². The maximum absolute atomic E-state index is 12.6. The van der Waals surface area contributed by atoms with Crippen LogP contribution in [0.2, 0.25) is 0 Å². The van der Waals surface area contributed by atoms with Crippen molar-refractivity contribution in [2.45, 2.75) is 24.8 Å². The minimum Gasteiger partial charge on any atom is -0.495 e. The second-order valence-electron chi connectivity index (χ2n) is 5.32. The third-order valence-corrected chi connectivity index (χ3v) is 4.88. The summed E-state index contributed by atoms with van der Waals surface area (Å²) in [6, 6.07) is 3.91. The molecule has 1 unspecified atom stereocenters. The summed E-state index contributed by atoms with van der Waals surface area (Å²) in [6.07, 6.45) is 3.15. The van der Waals surface area contributed by atoms with Gasteiger partial charge in [0.1, 0.15) is 10.6 Å². The van der Waals surface area contributed by atoms with Gasteiger partial charge >= 0.3 is 0 Å². The summed E-state index contributed by atoms with van der Waals surface area (Å²) in [7, 11) is -2.51. The number of benzene rings is 1. The van der Waals surface area contributed by atoms with E-state index < -0.39 is 16.1 Å². The first kappa shape index (κ1) is 19.9. The van der Waals surface area contributed by atoms with Gasteiger partial charge in [0.15, 0.2) is 0 Å². The van der Waals surface area contributed by atoms with Gasteiger partial charge in [-0.05, 0) is 31.5 Å². The second kappa shape index (κ2) is 8.65. The van der Waals surface area contributed by atoms with Crippen LogP contribution in [-0.2, 0) is 14.8 Å². The Morgan fingerprint density at radius 3 is 2.42 bits per heavy atom. The zero-order valence-electron chi connectivity index (χ0n) is 14.3. The summed E-state index contributed by atoms with van der Waals surface area (Å²) in [5.74, 6) is -0.133. The Morgan fingerprint density at radius 1 is 1.33 bits per heavy atom. The third kappa shape index (κ3) is 4.94. The molecular weight excluding hydrogens is 328 g/mol. The molecular formula is C17H24N2O4S. The number of hydrogen-bond acceptors (Lipinski definition) is 4. The van der Waals surface area contributed by atoms with Gasteiger partial charge in [0.05, 0.1) is 13.2 Å². The first-order valence-corrected chi connectivity index (χ1v) is 8.92. The summed E-state index contributed by atoms with van der Waals surface area (Å²) in [5.41, 5.74) is 0.773. The Bertz CT molecular complexity index is 703. The highest BCUT2D eigenvalue weighted by atomic mass is 32.2. The molecule has 0 aromatic heterocycles. The van der Waals surface area contributed by atoms with Crippen LogP contribution in [0.15, 0.2) is 48.4 Å². The first-order chi connectivity index (χ1) is 11.3. The quantitative estimate of drug-likeness (QED) is 0.689. The van der Waals surface area contributed by atoms with Crippen molar-refractivity contribution in [1.29, 1.82) is 0 Å². The van der Waals surface area contributed by atoms with Crippen LogP contribution in [0.3, 0.4) is 0 Å². The molecule has 0 radical (unpaired) electrons. The molecule has 1 rings (SSSR count). The van der Waals surface area contributed by atoms with Crippen LogP contribution in [0, 0.1) is 6.92 Å². The van der Waals surface area contributed by atoms with E-state index in [0.29, 0.717) is 13.1 Å². The van der Waals surface area contributed by atoms with Gasteiger partial charge in [-0.25, -0.2) is 8.42 Å². The Balaban J connectivity index is 3.05. The van der Waals surface area contributed by atoms with Gasteiger partial charge in [0.25, 0.3) is 0 Å². The first-order valence-electron chi connectivity index (χ1n) is 7.44. The largest absolute Gasteiger partial charge is 0.495 e. The highest BCUT2D eigenvalue weighted by molar-refractivity contribution is 7.89. The number of nitrogens with one attached hydrogen (secondary N) is 1. The predicted octanol–water partition coefficient (Wildman–Crippen LogP) is 1.87. The zero-order chi connectivity index (χ0) is 18.3. The molecule has 1 aromatic carbocycles. The van der Waals surface area contributed by atoms with Crippen molar-refractivity contribution in [3.05, 3.63) is 49.1 Å². The Kier molecular flexibility index (Phi) is 7.18. The van der Waals surface area contributed by atoms with Gasteiger partial charge in [-0.3, -0.25) is 4.79 Å². The Hall–Kier alpha value is -2.12. The van der Waals surface area contributed by atoms with Crippen molar-refractivity contribution in [1.82, 2.24) is 9.62 Å². The minimum atomic E-state index is -3.91. The molecule has 0 aliphatic heterocycles. The predicted molar refractivity (Wildman–Crippen MR) is 94.5 cm³/mol. The lowest BCUT2D eigenvalue weighted by molar-refractivity contribution is -0.131. The molecule has 0 saturated heterocycles. The molecule has 0 saturated carbocycles. The summed E-state index contributed by atoms with van der Waals surface area (Å²) < 4.78 is 32.7. The molecule has 0 spiro atoms. The molecule has 1 amide bonds.